The van der Waals surface area contributed by atoms with Crippen LogP contribution in [0.25, 0.3) is 11.0 Å². The van der Waals surface area contributed by atoms with Crippen molar-refractivity contribution in [1.82, 2.24) is 4.73 Å². The van der Waals surface area contributed by atoms with Crippen LogP contribution in [0.2, 0.25) is 0 Å². The monoisotopic (exact) mass is 249 g/mol. The highest BCUT2D eigenvalue weighted by atomic mass is 17.3. The van der Waals surface area contributed by atoms with Gasteiger partial charge in [0.05, 0.1) is 0 Å². The standard InChI is InChI=1S/C12H13N2O4/c1-4-15-17-13-10(3)14(18-16-5-2)12-9-7-6-8-11(12)13/h4-9H,1-2H2,3H3/q+1. The Balaban J connectivity index is 2.51. The van der Waals surface area contributed by atoms with Crippen LogP contribution in [-0.2, 0) is 9.78 Å². The van der Waals surface area contributed by atoms with Crippen LogP contribution in [0.3, 0.4) is 0 Å². The lowest BCUT2D eigenvalue weighted by Crippen LogP contribution is -2.44. The molecule has 2 rings (SSSR count). The molecular weight excluding hydrogens is 236 g/mol. The summed E-state index contributed by atoms with van der Waals surface area (Å²) in [6.45, 7) is 8.59. The second-order valence-corrected chi connectivity index (χ2v) is 3.30. The van der Waals surface area contributed by atoms with Crippen LogP contribution in [0.1, 0.15) is 5.82 Å². The molecule has 0 aliphatic rings. The molecule has 6 heteroatoms. The Bertz CT molecular complexity index is 528. The Labute approximate surface area is 104 Å². The number of fused-ring (bicyclic) bond motifs is 1. The molecule has 0 fully saturated rings. The van der Waals surface area contributed by atoms with Crippen LogP contribution >= 0.6 is 0 Å². The minimum Gasteiger partial charge on any atom is -0.259 e. The molecule has 0 saturated carbocycles. The van der Waals surface area contributed by atoms with E-state index in [4.69, 9.17) is 19.8 Å². The molecule has 0 N–H and O–H groups in total. The first kappa shape index (κ1) is 11.8. The fraction of sp³-hybridized carbons (Fsp3) is 0.0833. The number of rotatable bonds is 6. The maximum absolute atomic E-state index is 5.08. The van der Waals surface area contributed by atoms with Crippen LogP contribution in [0, 0.1) is 6.92 Å². The van der Waals surface area contributed by atoms with Gasteiger partial charge in [-0.25, -0.2) is 0 Å². The van der Waals surface area contributed by atoms with Gasteiger partial charge >= 0.3 is 5.82 Å². The maximum Gasteiger partial charge on any atom is 0.343 e. The zero-order valence-electron chi connectivity index (χ0n) is 9.91. The largest absolute Gasteiger partial charge is 0.343 e. The molecule has 0 bridgehead atoms. The number of hydrogen-bond donors (Lipinski definition) is 0. The van der Waals surface area contributed by atoms with Crippen LogP contribution in [0.15, 0.2) is 49.9 Å². The Morgan fingerprint density at radius 2 is 1.89 bits per heavy atom. The van der Waals surface area contributed by atoms with Gasteiger partial charge in [0.2, 0.25) is 11.0 Å². The van der Waals surface area contributed by atoms with Crippen molar-refractivity contribution in [2.75, 3.05) is 0 Å². The summed E-state index contributed by atoms with van der Waals surface area (Å²) in [5.41, 5.74) is 1.51. The molecule has 94 valence electrons. The number of benzene rings is 1. The number of nitrogens with zero attached hydrogens (tertiary/aromatic N) is 2. The van der Waals surface area contributed by atoms with Crippen molar-refractivity contribution in [2.24, 2.45) is 0 Å². The van der Waals surface area contributed by atoms with E-state index in [9.17, 15) is 0 Å². The predicted molar refractivity (Wildman–Crippen MR) is 62.6 cm³/mol. The summed E-state index contributed by atoms with van der Waals surface area (Å²) < 4.78 is 2.90. The molecule has 0 unspecified atom stereocenters. The lowest BCUT2D eigenvalue weighted by atomic mass is 10.3. The zero-order valence-corrected chi connectivity index (χ0v) is 9.91. The molecule has 1 aromatic carbocycles. The molecule has 2 aromatic rings. The van der Waals surface area contributed by atoms with Crippen LogP contribution in [-0.4, -0.2) is 4.73 Å². The SMILES string of the molecule is C=COOn1c(C)[n+](OOC=C)c2ccccc21. The molecule has 0 aliphatic carbocycles. The van der Waals surface area contributed by atoms with Gasteiger partial charge in [0.25, 0.3) is 0 Å². The highest BCUT2D eigenvalue weighted by Gasteiger charge is 2.26. The Kier molecular flexibility index (Phi) is 3.38. The third-order valence-corrected chi connectivity index (χ3v) is 2.28. The topological polar surface area (TPSA) is 45.7 Å². The minimum atomic E-state index is 0.611. The molecular formula is C12H13N2O4+. The van der Waals surface area contributed by atoms with E-state index in [1.54, 1.807) is 6.92 Å². The summed E-state index contributed by atoms with van der Waals surface area (Å²) in [5.74, 6) is 0.611. The Hall–Kier alpha value is -2.63. The maximum atomic E-state index is 5.08. The zero-order chi connectivity index (χ0) is 13.0. The van der Waals surface area contributed by atoms with E-state index in [0.717, 1.165) is 11.0 Å². The molecule has 0 aliphatic heterocycles. The molecule has 18 heavy (non-hydrogen) atoms. The fourth-order valence-electron chi connectivity index (χ4n) is 1.57. The summed E-state index contributed by atoms with van der Waals surface area (Å²) in [6.07, 6.45) is 2.36. The first-order chi connectivity index (χ1) is 8.79. The van der Waals surface area contributed by atoms with Crippen molar-refractivity contribution < 1.29 is 24.5 Å². The first-order valence-corrected chi connectivity index (χ1v) is 5.21. The Morgan fingerprint density at radius 3 is 2.61 bits per heavy atom. The fourth-order valence-corrected chi connectivity index (χ4v) is 1.57. The smallest absolute Gasteiger partial charge is 0.259 e. The minimum absolute atomic E-state index is 0.611. The van der Waals surface area contributed by atoms with Crippen molar-refractivity contribution in [3.8, 4) is 0 Å². The summed E-state index contributed by atoms with van der Waals surface area (Å²) in [7, 11) is 0. The highest BCUT2D eigenvalue weighted by Crippen LogP contribution is 2.12. The van der Waals surface area contributed by atoms with Gasteiger partial charge in [-0.2, -0.15) is 0 Å². The van der Waals surface area contributed by atoms with Crippen LogP contribution in [0.4, 0.5) is 0 Å². The molecule has 1 heterocycles. The van der Waals surface area contributed by atoms with Gasteiger partial charge in [0.15, 0.2) is 0 Å². The van der Waals surface area contributed by atoms with E-state index in [1.165, 1.54) is 22.0 Å². The normalized spacial score (nSPS) is 9.83. The van der Waals surface area contributed by atoms with Crippen LogP contribution < -0.4 is 14.7 Å². The predicted octanol–water partition coefficient (Wildman–Crippen LogP) is 1.24. The van der Waals surface area contributed by atoms with Gasteiger partial charge in [0, 0.05) is 16.4 Å². The van der Waals surface area contributed by atoms with Crippen LogP contribution in [0.5, 0.6) is 0 Å². The third-order valence-electron chi connectivity index (χ3n) is 2.28. The number of para-hydroxylation sites is 2. The highest BCUT2D eigenvalue weighted by molar-refractivity contribution is 5.71. The summed E-state index contributed by atoms with van der Waals surface area (Å²) in [6, 6.07) is 7.44. The molecule has 0 spiro atoms. The molecule has 0 saturated heterocycles. The molecule has 1 aromatic heterocycles. The average molecular weight is 249 g/mol. The summed E-state index contributed by atoms with van der Waals surface area (Å²) >= 11 is 0. The number of imidazole rings is 1. The molecule has 0 atom stereocenters. The van der Waals surface area contributed by atoms with Gasteiger partial charge in [-0.15, -0.1) is 0 Å². The third kappa shape index (κ3) is 1.95. The van der Waals surface area contributed by atoms with E-state index >= 15 is 0 Å². The molecule has 0 radical (unpaired) electrons. The van der Waals surface area contributed by atoms with Crippen molar-refractivity contribution in [3.63, 3.8) is 0 Å². The van der Waals surface area contributed by atoms with Gasteiger partial charge in [-0.1, -0.05) is 35.3 Å². The Morgan fingerprint density at radius 1 is 1.17 bits per heavy atom. The summed E-state index contributed by atoms with van der Waals surface area (Å²) in [4.78, 5) is 19.6. The summed E-state index contributed by atoms with van der Waals surface area (Å²) in [5, 5.41) is 0. The van der Waals surface area contributed by atoms with Gasteiger partial charge in [-0.3, -0.25) is 9.78 Å². The van der Waals surface area contributed by atoms with E-state index < -0.39 is 0 Å². The quantitative estimate of drug-likeness (QED) is 0.334. The van der Waals surface area contributed by atoms with Gasteiger partial charge in [0.1, 0.15) is 12.5 Å². The number of aromatic nitrogens is 2. The lowest BCUT2D eigenvalue weighted by molar-refractivity contribution is -0.940. The van der Waals surface area contributed by atoms with E-state index in [-0.39, 0.29) is 0 Å². The second-order valence-electron chi connectivity index (χ2n) is 3.30. The average Bonchev–Trinajstić information content (AvgIpc) is 2.66. The second kappa shape index (κ2) is 5.13. The van der Waals surface area contributed by atoms with Gasteiger partial charge in [-0.05, 0) is 12.1 Å². The van der Waals surface area contributed by atoms with Gasteiger partial charge < -0.3 is 0 Å². The number of hydrogen-bond acceptors (Lipinski definition) is 4. The van der Waals surface area contributed by atoms with Crippen molar-refractivity contribution in [2.45, 2.75) is 6.92 Å². The molecule has 0 amide bonds. The lowest BCUT2D eigenvalue weighted by Gasteiger charge is -1.97. The van der Waals surface area contributed by atoms with Crippen molar-refractivity contribution in [3.05, 3.63) is 55.8 Å². The van der Waals surface area contributed by atoms with E-state index in [2.05, 4.69) is 13.2 Å². The first-order valence-electron chi connectivity index (χ1n) is 5.21. The van der Waals surface area contributed by atoms with E-state index in [0.29, 0.717) is 5.82 Å². The van der Waals surface area contributed by atoms with E-state index in [1.807, 2.05) is 24.3 Å². The molecule has 6 nitrogen and oxygen atoms in total. The van der Waals surface area contributed by atoms with Crippen molar-refractivity contribution in [1.29, 1.82) is 0 Å². The van der Waals surface area contributed by atoms with Crippen molar-refractivity contribution >= 4 is 11.0 Å².